The van der Waals surface area contributed by atoms with Gasteiger partial charge in [0.25, 0.3) is 0 Å². The summed E-state index contributed by atoms with van der Waals surface area (Å²) in [6.45, 7) is 0.525. The smallest absolute Gasteiger partial charge is 0.320 e. The first kappa shape index (κ1) is 12.4. The molecule has 2 N–H and O–H groups in total. The van der Waals surface area contributed by atoms with Crippen molar-refractivity contribution in [3.8, 4) is 0 Å². The number of aromatic nitrogens is 2. The largest absolute Gasteiger partial charge is 0.406 e. The summed E-state index contributed by atoms with van der Waals surface area (Å²) in [6.07, 6.45) is 2.37. The van der Waals surface area contributed by atoms with E-state index in [1.807, 2.05) is 0 Å². The summed E-state index contributed by atoms with van der Waals surface area (Å²) in [5.74, 6) is -0.0724. The normalized spacial score (nSPS) is 14.6. The molecule has 1 fully saturated rings. The zero-order chi connectivity index (χ0) is 13.2. The van der Waals surface area contributed by atoms with Gasteiger partial charge in [0.2, 0.25) is 5.89 Å². The van der Waals surface area contributed by atoms with Crippen LogP contribution in [0.1, 0.15) is 18.7 Å². The van der Waals surface area contributed by atoms with Gasteiger partial charge in [-0.1, -0.05) is 22.8 Å². The van der Waals surface area contributed by atoms with Gasteiger partial charge in [-0.25, -0.2) is 4.39 Å². The van der Waals surface area contributed by atoms with Crippen LogP contribution in [0.4, 0.5) is 16.1 Å². The van der Waals surface area contributed by atoms with Crippen LogP contribution in [0, 0.1) is 5.82 Å². The average molecular weight is 283 g/mol. The first-order valence-electron chi connectivity index (χ1n) is 5.99. The maximum atomic E-state index is 13.7. The number of halogens is 2. The van der Waals surface area contributed by atoms with Gasteiger partial charge >= 0.3 is 6.01 Å². The molecule has 0 bridgehead atoms. The zero-order valence-electron chi connectivity index (χ0n) is 9.99. The Kier molecular flexibility index (Phi) is 3.35. The Balaban J connectivity index is 1.67. The summed E-state index contributed by atoms with van der Waals surface area (Å²) in [4.78, 5) is 0. The molecular weight excluding hydrogens is 271 g/mol. The molecule has 1 aliphatic carbocycles. The second-order valence-corrected chi connectivity index (χ2v) is 4.79. The Morgan fingerprint density at radius 2 is 2.21 bits per heavy atom. The van der Waals surface area contributed by atoms with Crippen molar-refractivity contribution in [1.29, 1.82) is 0 Å². The van der Waals surface area contributed by atoms with Crippen molar-refractivity contribution in [3.05, 3.63) is 34.9 Å². The Morgan fingerprint density at radius 1 is 1.37 bits per heavy atom. The van der Waals surface area contributed by atoms with Crippen LogP contribution < -0.4 is 10.6 Å². The third-order valence-electron chi connectivity index (χ3n) is 2.78. The van der Waals surface area contributed by atoms with Crippen LogP contribution in [0.3, 0.4) is 0 Å². The summed E-state index contributed by atoms with van der Waals surface area (Å²) in [5.41, 5.74) is 0.206. The highest BCUT2D eigenvalue weighted by Gasteiger charge is 2.21. The fourth-order valence-corrected chi connectivity index (χ4v) is 1.78. The Morgan fingerprint density at radius 3 is 3.00 bits per heavy atom. The molecule has 0 aliphatic heterocycles. The average Bonchev–Trinajstić information content (AvgIpc) is 3.13. The predicted octanol–water partition coefficient (Wildman–Crippen LogP) is 2.86. The number of nitrogens with zero attached hydrogens (tertiary/aromatic N) is 2. The molecular formula is C12H12ClFN4O. The lowest BCUT2D eigenvalue weighted by molar-refractivity contribution is 0.478. The fraction of sp³-hybridized carbons (Fsp3) is 0.333. The zero-order valence-corrected chi connectivity index (χ0v) is 10.7. The molecule has 0 spiro atoms. The van der Waals surface area contributed by atoms with E-state index in [-0.39, 0.29) is 16.7 Å². The van der Waals surface area contributed by atoms with Crippen molar-refractivity contribution in [1.82, 2.24) is 15.5 Å². The van der Waals surface area contributed by atoms with Gasteiger partial charge in [0, 0.05) is 6.04 Å². The summed E-state index contributed by atoms with van der Waals surface area (Å²) < 4.78 is 19.0. The molecule has 2 aromatic rings. The lowest BCUT2D eigenvalue weighted by atomic mass is 10.3. The molecule has 1 saturated carbocycles. The van der Waals surface area contributed by atoms with Crippen molar-refractivity contribution >= 4 is 23.3 Å². The van der Waals surface area contributed by atoms with Gasteiger partial charge in [0.1, 0.15) is 0 Å². The molecule has 0 atom stereocenters. The highest BCUT2D eigenvalue weighted by atomic mass is 35.5. The summed E-state index contributed by atoms with van der Waals surface area (Å²) in [5, 5.41) is 13.7. The SMILES string of the molecule is Fc1c(Cl)cccc1Nc1nnc(CNC2CC2)o1. The minimum Gasteiger partial charge on any atom is -0.406 e. The van der Waals surface area contributed by atoms with Crippen LogP contribution in [0.15, 0.2) is 22.6 Å². The molecule has 1 heterocycles. The third-order valence-corrected chi connectivity index (χ3v) is 3.07. The Labute approximate surface area is 114 Å². The maximum Gasteiger partial charge on any atom is 0.320 e. The third kappa shape index (κ3) is 3.02. The van der Waals surface area contributed by atoms with E-state index in [1.165, 1.54) is 18.9 Å². The Hall–Kier alpha value is -1.66. The molecule has 0 unspecified atom stereocenters. The van der Waals surface area contributed by atoms with E-state index >= 15 is 0 Å². The fourth-order valence-electron chi connectivity index (χ4n) is 1.61. The number of anilines is 2. The van der Waals surface area contributed by atoms with Gasteiger partial charge in [0.15, 0.2) is 5.82 Å². The maximum absolute atomic E-state index is 13.7. The van der Waals surface area contributed by atoms with E-state index in [2.05, 4.69) is 20.8 Å². The van der Waals surface area contributed by atoms with E-state index < -0.39 is 5.82 Å². The van der Waals surface area contributed by atoms with Gasteiger partial charge in [-0.15, -0.1) is 5.10 Å². The number of benzene rings is 1. The summed E-state index contributed by atoms with van der Waals surface area (Å²) in [7, 11) is 0. The van der Waals surface area contributed by atoms with Crippen molar-refractivity contribution in [2.45, 2.75) is 25.4 Å². The van der Waals surface area contributed by atoms with E-state index in [0.29, 0.717) is 18.5 Å². The molecule has 19 heavy (non-hydrogen) atoms. The standard InChI is InChI=1S/C12H12ClFN4O/c13-8-2-1-3-9(11(8)14)16-12-18-17-10(19-12)6-15-7-4-5-7/h1-3,7,15H,4-6H2,(H,16,18). The summed E-state index contributed by atoms with van der Waals surface area (Å²) >= 11 is 5.69. The highest BCUT2D eigenvalue weighted by Crippen LogP contribution is 2.25. The molecule has 5 nitrogen and oxygen atoms in total. The number of rotatable bonds is 5. The minimum absolute atomic E-state index is 0.0418. The molecule has 3 rings (SSSR count). The first-order valence-corrected chi connectivity index (χ1v) is 6.37. The summed E-state index contributed by atoms with van der Waals surface area (Å²) in [6, 6.07) is 5.37. The van der Waals surface area contributed by atoms with Crippen LogP contribution >= 0.6 is 11.6 Å². The minimum atomic E-state index is -0.542. The van der Waals surface area contributed by atoms with Crippen molar-refractivity contribution < 1.29 is 8.81 Å². The molecule has 0 amide bonds. The molecule has 0 saturated heterocycles. The second kappa shape index (κ2) is 5.14. The predicted molar refractivity (Wildman–Crippen MR) is 68.9 cm³/mol. The van der Waals surface area contributed by atoms with Gasteiger partial charge in [0.05, 0.1) is 17.3 Å². The van der Waals surface area contributed by atoms with E-state index in [0.717, 1.165) is 0 Å². The molecule has 1 aromatic carbocycles. The lowest BCUT2D eigenvalue weighted by Gasteiger charge is -2.03. The number of hydrogen-bond acceptors (Lipinski definition) is 5. The van der Waals surface area contributed by atoms with Crippen LogP contribution in [0.5, 0.6) is 0 Å². The van der Waals surface area contributed by atoms with E-state index in [9.17, 15) is 4.39 Å². The topological polar surface area (TPSA) is 63.0 Å². The number of hydrogen-bond donors (Lipinski definition) is 2. The van der Waals surface area contributed by atoms with Crippen LogP contribution in [0.25, 0.3) is 0 Å². The quantitative estimate of drug-likeness (QED) is 0.883. The molecule has 1 aliphatic rings. The van der Waals surface area contributed by atoms with Gasteiger partial charge in [-0.2, -0.15) is 0 Å². The highest BCUT2D eigenvalue weighted by molar-refractivity contribution is 6.31. The van der Waals surface area contributed by atoms with E-state index in [1.54, 1.807) is 12.1 Å². The van der Waals surface area contributed by atoms with E-state index in [4.69, 9.17) is 16.0 Å². The van der Waals surface area contributed by atoms with Crippen molar-refractivity contribution in [2.24, 2.45) is 0 Å². The monoisotopic (exact) mass is 282 g/mol. The molecule has 1 aromatic heterocycles. The van der Waals surface area contributed by atoms with Gasteiger partial charge in [-0.3, -0.25) is 0 Å². The molecule has 100 valence electrons. The first-order chi connectivity index (χ1) is 9.22. The van der Waals surface area contributed by atoms with Crippen molar-refractivity contribution in [2.75, 3.05) is 5.32 Å². The second-order valence-electron chi connectivity index (χ2n) is 4.38. The lowest BCUT2D eigenvalue weighted by Crippen LogP contribution is -2.15. The van der Waals surface area contributed by atoms with Crippen LogP contribution in [-0.4, -0.2) is 16.2 Å². The van der Waals surface area contributed by atoms with Crippen LogP contribution in [-0.2, 0) is 6.54 Å². The van der Waals surface area contributed by atoms with Crippen LogP contribution in [0.2, 0.25) is 5.02 Å². The van der Waals surface area contributed by atoms with Gasteiger partial charge < -0.3 is 15.1 Å². The van der Waals surface area contributed by atoms with Gasteiger partial charge in [-0.05, 0) is 25.0 Å². The number of nitrogens with one attached hydrogen (secondary N) is 2. The Bertz CT molecular complexity index is 585. The molecule has 0 radical (unpaired) electrons. The van der Waals surface area contributed by atoms with Crippen molar-refractivity contribution in [3.63, 3.8) is 0 Å². The molecule has 7 heteroatoms.